The van der Waals surface area contributed by atoms with Gasteiger partial charge in [-0.3, -0.25) is 4.79 Å². The number of carbonyl (C=O) groups is 1. The summed E-state index contributed by atoms with van der Waals surface area (Å²) in [6.45, 7) is 4.11. The Hall–Kier alpha value is -3.25. The highest BCUT2D eigenvalue weighted by atomic mass is 16.2. The second-order valence-corrected chi connectivity index (χ2v) is 8.78. The molecule has 3 heterocycles. The van der Waals surface area contributed by atoms with E-state index in [4.69, 9.17) is 9.97 Å². The SMILES string of the molecule is O=C(c1ccc2c(c1)N(c1ncc(-c3ccccc3)cn1)CC21CC1)N1CCNCC1. The number of nitrogens with zero attached hydrogens (tertiary/aromatic N) is 4. The van der Waals surface area contributed by atoms with Crippen LogP contribution in [-0.4, -0.2) is 53.5 Å². The number of anilines is 2. The summed E-state index contributed by atoms with van der Waals surface area (Å²) < 4.78 is 0. The van der Waals surface area contributed by atoms with Crippen molar-refractivity contribution >= 4 is 17.5 Å². The number of rotatable bonds is 3. The van der Waals surface area contributed by atoms with Crippen molar-refractivity contribution in [2.45, 2.75) is 18.3 Å². The summed E-state index contributed by atoms with van der Waals surface area (Å²) in [4.78, 5) is 26.6. The highest BCUT2D eigenvalue weighted by Gasteiger charge is 2.52. The minimum Gasteiger partial charge on any atom is -0.336 e. The summed E-state index contributed by atoms with van der Waals surface area (Å²) in [5.74, 6) is 0.817. The van der Waals surface area contributed by atoms with E-state index in [0.29, 0.717) is 5.95 Å². The normalized spacial score (nSPS) is 18.8. The van der Waals surface area contributed by atoms with Crippen LogP contribution in [-0.2, 0) is 5.41 Å². The Morgan fingerprint density at radius 2 is 1.68 bits per heavy atom. The summed E-state index contributed by atoms with van der Waals surface area (Å²) >= 11 is 0. The molecule has 0 atom stereocenters. The summed E-state index contributed by atoms with van der Waals surface area (Å²) in [7, 11) is 0. The maximum absolute atomic E-state index is 13.1. The van der Waals surface area contributed by atoms with Crippen LogP contribution < -0.4 is 10.2 Å². The molecule has 6 rings (SSSR count). The van der Waals surface area contributed by atoms with E-state index in [2.05, 4.69) is 34.5 Å². The lowest BCUT2D eigenvalue weighted by Gasteiger charge is -2.27. The zero-order valence-corrected chi connectivity index (χ0v) is 17.4. The first-order chi connectivity index (χ1) is 15.2. The summed E-state index contributed by atoms with van der Waals surface area (Å²) in [6.07, 6.45) is 6.16. The number of nitrogens with one attached hydrogen (secondary N) is 1. The number of hydrogen-bond donors (Lipinski definition) is 1. The van der Waals surface area contributed by atoms with Gasteiger partial charge in [-0.25, -0.2) is 9.97 Å². The van der Waals surface area contributed by atoms with Crippen LogP contribution in [0.25, 0.3) is 11.1 Å². The van der Waals surface area contributed by atoms with Gasteiger partial charge in [0, 0.05) is 67.3 Å². The Balaban J connectivity index is 1.33. The molecule has 1 saturated carbocycles. The van der Waals surface area contributed by atoms with Gasteiger partial charge in [0.25, 0.3) is 5.91 Å². The molecule has 1 spiro atoms. The van der Waals surface area contributed by atoms with Crippen LogP contribution >= 0.6 is 0 Å². The van der Waals surface area contributed by atoms with Gasteiger partial charge in [-0.15, -0.1) is 0 Å². The molecule has 1 amide bonds. The van der Waals surface area contributed by atoms with E-state index in [1.165, 1.54) is 18.4 Å². The number of aromatic nitrogens is 2. The monoisotopic (exact) mass is 411 g/mol. The summed E-state index contributed by atoms with van der Waals surface area (Å²) in [5, 5.41) is 3.31. The minimum atomic E-state index is 0.112. The number of amides is 1. The van der Waals surface area contributed by atoms with Crippen molar-refractivity contribution < 1.29 is 4.79 Å². The molecule has 0 unspecified atom stereocenters. The summed E-state index contributed by atoms with van der Waals surface area (Å²) in [5.41, 5.74) is 5.49. The number of benzene rings is 2. The van der Waals surface area contributed by atoms with Crippen molar-refractivity contribution in [3.8, 4) is 11.1 Å². The number of carbonyl (C=O) groups excluding carboxylic acids is 1. The van der Waals surface area contributed by atoms with E-state index in [0.717, 1.165) is 55.1 Å². The number of piperazine rings is 1. The van der Waals surface area contributed by atoms with E-state index >= 15 is 0 Å². The Morgan fingerprint density at radius 1 is 0.935 bits per heavy atom. The molecule has 156 valence electrons. The standard InChI is InChI=1S/C25H25N5O/c31-23(29-12-10-26-11-13-29)19-6-7-21-22(14-19)30(17-25(21)8-9-25)24-27-15-20(16-28-24)18-4-2-1-3-5-18/h1-7,14-16,26H,8-13,17H2. The molecule has 2 aromatic carbocycles. The van der Waals surface area contributed by atoms with Gasteiger partial charge >= 0.3 is 0 Å². The van der Waals surface area contributed by atoms with Crippen LogP contribution in [0.4, 0.5) is 11.6 Å². The van der Waals surface area contributed by atoms with Crippen molar-refractivity contribution in [2.24, 2.45) is 0 Å². The molecule has 2 aliphatic heterocycles. The first-order valence-electron chi connectivity index (χ1n) is 11.0. The Labute approximate surface area is 181 Å². The van der Waals surface area contributed by atoms with Crippen LogP contribution in [0.3, 0.4) is 0 Å². The average Bonchev–Trinajstić information content (AvgIpc) is 3.56. The lowest BCUT2D eigenvalue weighted by atomic mass is 9.97. The van der Waals surface area contributed by atoms with Crippen molar-refractivity contribution in [3.63, 3.8) is 0 Å². The second kappa shape index (κ2) is 7.17. The molecule has 6 heteroatoms. The van der Waals surface area contributed by atoms with Crippen molar-refractivity contribution in [1.82, 2.24) is 20.2 Å². The first kappa shape index (κ1) is 18.5. The quantitative estimate of drug-likeness (QED) is 0.716. The van der Waals surface area contributed by atoms with Crippen molar-refractivity contribution in [2.75, 3.05) is 37.6 Å². The predicted octanol–water partition coefficient (Wildman–Crippen LogP) is 3.37. The largest absolute Gasteiger partial charge is 0.336 e. The van der Waals surface area contributed by atoms with Gasteiger partial charge in [0.05, 0.1) is 0 Å². The minimum absolute atomic E-state index is 0.112. The third-order valence-corrected chi connectivity index (χ3v) is 6.81. The molecule has 31 heavy (non-hydrogen) atoms. The van der Waals surface area contributed by atoms with E-state index in [1.54, 1.807) is 0 Å². The van der Waals surface area contributed by atoms with Gasteiger partial charge in [0.2, 0.25) is 5.95 Å². The zero-order chi connectivity index (χ0) is 20.8. The molecular formula is C25H25N5O. The fourth-order valence-corrected chi connectivity index (χ4v) is 4.86. The third-order valence-electron chi connectivity index (χ3n) is 6.81. The van der Waals surface area contributed by atoms with E-state index in [1.807, 2.05) is 41.6 Å². The van der Waals surface area contributed by atoms with E-state index in [-0.39, 0.29) is 11.3 Å². The van der Waals surface area contributed by atoms with Crippen molar-refractivity contribution in [3.05, 3.63) is 72.1 Å². The molecule has 2 fully saturated rings. The number of fused-ring (bicyclic) bond motifs is 2. The van der Waals surface area contributed by atoms with Crippen LogP contribution in [0.15, 0.2) is 60.9 Å². The fourth-order valence-electron chi connectivity index (χ4n) is 4.86. The number of hydrogen-bond acceptors (Lipinski definition) is 5. The molecule has 1 N–H and O–H groups in total. The van der Waals surface area contributed by atoms with Crippen molar-refractivity contribution in [1.29, 1.82) is 0 Å². The molecule has 1 aliphatic carbocycles. The Morgan fingerprint density at radius 3 is 2.39 bits per heavy atom. The first-order valence-corrected chi connectivity index (χ1v) is 11.0. The zero-order valence-electron chi connectivity index (χ0n) is 17.4. The van der Waals surface area contributed by atoms with Gasteiger partial charge in [-0.05, 0) is 36.1 Å². The van der Waals surface area contributed by atoms with Crippen LogP contribution in [0.1, 0.15) is 28.8 Å². The third kappa shape index (κ3) is 3.18. The molecule has 3 aromatic rings. The molecule has 1 saturated heterocycles. The predicted molar refractivity (Wildman–Crippen MR) is 121 cm³/mol. The van der Waals surface area contributed by atoms with Crippen LogP contribution in [0, 0.1) is 0 Å². The maximum atomic E-state index is 13.1. The Bertz CT molecular complexity index is 1120. The lowest BCUT2D eigenvalue weighted by Crippen LogP contribution is -2.46. The second-order valence-electron chi connectivity index (χ2n) is 8.78. The molecule has 0 bridgehead atoms. The van der Waals surface area contributed by atoms with Gasteiger partial charge in [0.1, 0.15) is 0 Å². The fraction of sp³-hybridized carbons (Fsp3) is 0.320. The van der Waals surface area contributed by atoms with Gasteiger partial charge < -0.3 is 15.1 Å². The topological polar surface area (TPSA) is 61.4 Å². The van der Waals surface area contributed by atoms with Crippen LogP contribution in [0.2, 0.25) is 0 Å². The molecule has 0 radical (unpaired) electrons. The molecule has 6 nitrogen and oxygen atoms in total. The Kier molecular flexibility index (Phi) is 4.28. The van der Waals surface area contributed by atoms with Gasteiger partial charge in [0.15, 0.2) is 0 Å². The highest BCUT2D eigenvalue weighted by molar-refractivity contribution is 5.96. The molecule has 3 aliphatic rings. The smallest absolute Gasteiger partial charge is 0.254 e. The van der Waals surface area contributed by atoms with Gasteiger partial charge in [-0.2, -0.15) is 0 Å². The van der Waals surface area contributed by atoms with E-state index in [9.17, 15) is 4.79 Å². The molecular weight excluding hydrogens is 386 g/mol. The maximum Gasteiger partial charge on any atom is 0.254 e. The average molecular weight is 412 g/mol. The van der Waals surface area contributed by atoms with Crippen LogP contribution in [0.5, 0.6) is 0 Å². The van der Waals surface area contributed by atoms with Gasteiger partial charge in [-0.1, -0.05) is 36.4 Å². The highest BCUT2D eigenvalue weighted by Crippen LogP contribution is 2.57. The summed E-state index contributed by atoms with van der Waals surface area (Å²) in [6, 6.07) is 16.4. The van der Waals surface area contributed by atoms with E-state index < -0.39 is 0 Å². The lowest BCUT2D eigenvalue weighted by molar-refractivity contribution is 0.0736. The molecule has 1 aromatic heterocycles.